The largest absolute Gasteiger partial charge is 0.363 e. The molecule has 1 saturated heterocycles. The van der Waals surface area contributed by atoms with Crippen LogP contribution in [-0.2, 0) is 6.54 Å². The predicted octanol–water partition coefficient (Wildman–Crippen LogP) is 2.98. The second-order valence-electron chi connectivity index (χ2n) is 8.43. The molecule has 1 saturated carbocycles. The number of anilines is 1. The smallest absolute Gasteiger partial charge is 0.191 e. The normalized spacial score (nSPS) is 18.8. The number of nitrogens with one attached hydrogen (secondary N) is 2. The van der Waals surface area contributed by atoms with Crippen LogP contribution in [0.5, 0.6) is 0 Å². The van der Waals surface area contributed by atoms with E-state index in [9.17, 15) is 0 Å². The van der Waals surface area contributed by atoms with E-state index in [0.29, 0.717) is 12.6 Å². The highest BCUT2D eigenvalue weighted by Gasteiger charge is 2.31. The van der Waals surface area contributed by atoms with Gasteiger partial charge in [-0.2, -0.15) is 0 Å². The molecule has 1 aliphatic carbocycles. The number of fused-ring (bicyclic) bond motifs is 1. The number of pyridine rings is 1. The molecule has 1 aliphatic heterocycles. The molecule has 2 aliphatic rings. The van der Waals surface area contributed by atoms with Crippen LogP contribution in [0.15, 0.2) is 35.3 Å². The third-order valence-corrected chi connectivity index (χ3v) is 5.93. The quantitative estimate of drug-likeness (QED) is 0.583. The van der Waals surface area contributed by atoms with Crippen LogP contribution in [0.2, 0.25) is 0 Å². The van der Waals surface area contributed by atoms with Crippen molar-refractivity contribution in [2.45, 2.75) is 51.2 Å². The van der Waals surface area contributed by atoms with E-state index in [1.54, 1.807) is 0 Å². The van der Waals surface area contributed by atoms with Gasteiger partial charge in [-0.25, -0.2) is 9.98 Å². The average molecular weight is 395 g/mol. The summed E-state index contributed by atoms with van der Waals surface area (Å²) in [6, 6.07) is 11.9. The fourth-order valence-electron chi connectivity index (χ4n) is 4.12. The van der Waals surface area contributed by atoms with E-state index in [0.717, 1.165) is 29.9 Å². The topological polar surface area (TPSA) is 55.8 Å². The van der Waals surface area contributed by atoms with Gasteiger partial charge in [0.2, 0.25) is 0 Å². The Bertz CT molecular complexity index is 850. The van der Waals surface area contributed by atoms with Crippen LogP contribution >= 0.6 is 0 Å². The molecular formula is C23H34N6. The minimum Gasteiger partial charge on any atom is -0.363 e. The minimum atomic E-state index is 0.509. The number of hydrogen-bond donors (Lipinski definition) is 2. The standard InChI is InChI=1S/C23H34N6/c1-4-24-23(26-18-11-13-29(14-12-18)19-9-10-19)25-16-17-15-22(28(2)3)27-21-8-6-5-7-20(17)21/h5-8,15,18-19H,4,9-14,16H2,1-3H3,(H2,24,25,26). The Labute approximate surface area is 174 Å². The molecule has 1 aromatic heterocycles. The van der Waals surface area contributed by atoms with E-state index in [2.05, 4.69) is 51.6 Å². The van der Waals surface area contributed by atoms with Crippen molar-refractivity contribution in [2.24, 2.45) is 4.99 Å². The number of aromatic nitrogens is 1. The third-order valence-electron chi connectivity index (χ3n) is 5.93. The first-order valence-electron chi connectivity index (χ1n) is 11.0. The Morgan fingerprint density at radius 2 is 1.93 bits per heavy atom. The zero-order valence-corrected chi connectivity index (χ0v) is 18.0. The van der Waals surface area contributed by atoms with Gasteiger partial charge in [0.15, 0.2) is 5.96 Å². The van der Waals surface area contributed by atoms with Crippen LogP contribution < -0.4 is 15.5 Å². The lowest BCUT2D eigenvalue weighted by Crippen LogP contribution is -2.49. The molecule has 0 spiro atoms. The lowest BCUT2D eigenvalue weighted by Gasteiger charge is -2.33. The van der Waals surface area contributed by atoms with Gasteiger partial charge in [0.05, 0.1) is 12.1 Å². The Morgan fingerprint density at radius 1 is 1.17 bits per heavy atom. The lowest BCUT2D eigenvalue weighted by atomic mass is 10.1. The molecular weight excluding hydrogens is 360 g/mol. The second-order valence-corrected chi connectivity index (χ2v) is 8.43. The SMILES string of the molecule is CCNC(=NCc1cc(N(C)C)nc2ccccc12)NC1CCN(C2CC2)CC1. The van der Waals surface area contributed by atoms with Crippen molar-refractivity contribution in [3.8, 4) is 0 Å². The zero-order chi connectivity index (χ0) is 20.2. The summed E-state index contributed by atoms with van der Waals surface area (Å²) in [7, 11) is 4.06. The van der Waals surface area contributed by atoms with Crippen LogP contribution in [0.3, 0.4) is 0 Å². The Hall–Kier alpha value is -2.34. The van der Waals surface area contributed by atoms with E-state index in [4.69, 9.17) is 9.98 Å². The van der Waals surface area contributed by atoms with Crippen molar-refractivity contribution in [2.75, 3.05) is 38.6 Å². The maximum atomic E-state index is 4.93. The fourth-order valence-corrected chi connectivity index (χ4v) is 4.12. The molecule has 6 nitrogen and oxygen atoms in total. The van der Waals surface area contributed by atoms with Gasteiger partial charge in [-0.3, -0.25) is 0 Å². The summed E-state index contributed by atoms with van der Waals surface area (Å²) in [6.07, 6.45) is 5.20. The Balaban J connectivity index is 1.47. The number of likely N-dealkylation sites (tertiary alicyclic amines) is 1. The highest BCUT2D eigenvalue weighted by Crippen LogP contribution is 2.29. The second kappa shape index (κ2) is 8.99. The summed E-state index contributed by atoms with van der Waals surface area (Å²) in [6.45, 7) is 6.05. The van der Waals surface area contributed by atoms with E-state index < -0.39 is 0 Å². The molecule has 2 heterocycles. The maximum Gasteiger partial charge on any atom is 0.191 e. The van der Waals surface area contributed by atoms with Gasteiger partial charge in [0.25, 0.3) is 0 Å². The van der Waals surface area contributed by atoms with Crippen molar-refractivity contribution in [1.29, 1.82) is 0 Å². The van der Waals surface area contributed by atoms with Gasteiger partial charge in [-0.1, -0.05) is 18.2 Å². The van der Waals surface area contributed by atoms with E-state index in [1.807, 2.05) is 20.2 Å². The number of nitrogens with zero attached hydrogens (tertiary/aromatic N) is 4. The van der Waals surface area contributed by atoms with Crippen LogP contribution in [0.25, 0.3) is 10.9 Å². The van der Waals surface area contributed by atoms with E-state index in [-0.39, 0.29) is 0 Å². The monoisotopic (exact) mass is 394 g/mol. The zero-order valence-electron chi connectivity index (χ0n) is 18.0. The summed E-state index contributed by atoms with van der Waals surface area (Å²) < 4.78 is 0. The molecule has 0 unspecified atom stereocenters. The average Bonchev–Trinajstić information content (AvgIpc) is 3.57. The summed E-state index contributed by atoms with van der Waals surface area (Å²) in [5.74, 6) is 1.89. The molecule has 0 bridgehead atoms. The molecule has 0 atom stereocenters. The van der Waals surface area contributed by atoms with Crippen LogP contribution in [-0.4, -0.2) is 61.7 Å². The molecule has 2 fully saturated rings. The molecule has 6 heteroatoms. The van der Waals surface area contributed by atoms with Crippen LogP contribution in [0.1, 0.15) is 38.2 Å². The summed E-state index contributed by atoms with van der Waals surface area (Å²) in [5, 5.41) is 8.29. The summed E-state index contributed by atoms with van der Waals surface area (Å²) >= 11 is 0. The van der Waals surface area contributed by atoms with Crippen molar-refractivity contribution in [3.63, 3.8) is 0 Å². The minimum absolute atomic E-state index is 0.509. The number of benzene rings is 1. The number of piperidine rings is 1. The lowest BCUT2D eigenvalue weighted by molar-refractivity contribution is 0.197. The van der Waals surface area contributed by atoms with Gasteiger partial charge in [0, 0.05) is 51.2 Å². The van der Waals surface area contributed by atoms with E-state index in [1.165, 1.54) is 49.7 Å². The molecule has 156 valence electrons. The number of aliphatic imine (C=N–C) groups is 1. The first-order chi connectivity index (χ1) is 14.1. The molecule has 2 aromatic rings. The van der Waals surface area contributed by atoms with Gasteiger partial charge in [-0.15, -0.1) is 0 Å². The molecule has 29 heavy (non-hydrogen) atoms. The maximum absolute atomic E-state index is 4.93. The van der Waals surface area contributed by atoms with Crippen LogP contribution in [0, 0.1) is 0 Å². The number of rotatable bonds is 6. The number of hydrogen-bond acceptors (Lipinski definition) is 4. The van der Waals surface area contributed by atoms with Crippen molar-refractivity contribution >= 4 is 22.7 Å². The summed E-state index contributed by atoms with van der Waals surface area (Å²) in [4.78, 5) is 14.4. The molecule has 0 amide bonds. The molecule has 1 aromatic carbocycles. The molecule has 4 rings (SSSR count). The van der Waals surface area contributed by atoms with Crippen molar-refractivity contribution in [3.05, 3.63) is 35.9 Å². The predicted molar refractivity (Wildman–Crippen MR) is 122 cm³/mol. The van der Waals surface area contributed by atoms with Crippen molar-refractivity contribution in [1.82, 2.24) is 20.5 Å². The summed E-state index contributed by atoms with van der Waals surface area (Å²) in [5.41, 5.74) is 2.23. The van der Waals surface area contributed by atoms with E-state index >= 15 is 0 Å². The highest BCUT2D eigenvalue weighted by atomic mass is 15.2. The van der Waals surface area contributed by atoms with Gasteiger partial charge < -0.3 is 20.4 Å². The molecule has 0 radical (unpaired) electrons. The Morgan fingerprint density at radius 3 is 2.62 bits per heavy atom. The van der Waals surface area contributed by atoms with Crippen molar-refractivity contribution < 1.29 is 0 Å². The van der Waals surface area contributed by atoms with Gasteiger partial charge >= 0.3 is 0 Å². The number of para-hydroxylation sites is 1. The molecule has 2 N–H and O–H groups in total. The number of guanidine groups is 1. The van der Waals surface area contributed by atoms with Crippen LogP contribution in [0.4, 0.5) is 5.82 Å². The first-order valence-corrected chi connectivity index (χ1v) is 11.0. The van der Waals surface area contributed by atoms with Gasteiger partial charge in [-0.05, 0) is 50.3 Å². The first kappa shape index (κ1) is 20.0. The fraction of sp³-hybridized carbons (Fsp3) is 0.565. The van der Waals surface area contributed by atoms with Gasteiger partial charge in [0.1, 0.15) is 5.82 Å². The third kappa shape index (κ3) is 4.99. The highest BCUT2D eigenvalue weighted by molar-refractivity contribution is 5.85. The Kier molecular flexibility index (Phi) is 6.19.